The number of aromatic nitrogens is 1. The molecule has 1 aliphatic heterocycles. The lowest BCUT2D eigenvalue weighted by atomic mass is 9.83. The van der Waals surface area contributed by atoms with Gasteiger partial charge in [-0.15, -0.1) is 0 Å². The van der Waals surface area contributed by atoms with Crippen molar-refractivity contribution in [3.63, 3.8) is 0 Å². The van der Waals surface area contributed by atoms with Crippen LogP contribution in [0.4, 0.5) is 11.4 Å². The summed E-state index contributed by atoms with van der Waals surface area (Å²) in [5.41, 5.74) is 3.14. The summed E-state index contributed by atoms with van der Waals surface area (Å²) in [5, 5.41) is 12.4. The van der Waals surface area contributed by atoms with Crippen LogP contribution in [-0.2, 0) is 9.59 Å². The molecule has 2 aromatic rings. The molecule has 28 heavy (non-hydrogen) atoms. The van der Waals surface area contributed by atoms with Crippen LogP contribution in [0.25, 0.3) is 11.3 Å². The molecule has 1 aliphatic carbocycles. The molecule has 0 bridgehead atoms. The van der Waals surface area contributed by atoms with Gasteiger partial charge in [0.15, 0.2) is 0 Å². The highest BCUT2D eigenvalue weighted by Gasteiger charge is 2.56. The normalized spacial score (nSPS) is 21.5. The van der Waals surface area contributed by atoms with Gasteiger partial charge in [0.1, 0.15) is 5.41 Å². The van der Waals surface area contributed by atoms with E-state index in [9.17, 15) is 14.9 Å². The van der Waals surface area contributed by atoms with Crippen LogP contribution in [0.5, 0.6) is 0 Å². The van der Waals surface area contributed by atoms with Crippen LogP contribution >= 0.6 is 0 Å². The summed E-state index contributed by atoms with van der Waals surface area (Å²) in [6.45, 7) is 3.93. The minimum Gasteiger partial charge on any atom is -0.326 e. The molecule has 1 N–H and O–H groups in total. The first-order chi connectivity index (χ1) is 13.4. The Morgan fingerprint density at radius 3 is 2.61 bits per heavy atom. The molecule has 0 radical (unpaired) electrons. The zero-order valence-electron chi connectivity index (χ0n) is 16.0. The monoisotopic (exact) mass is 374 g/mol. The maximum Gasteiger partial charge on any atom is 0.247 e. The zero-order valence-corrected chi connectivity index (χ0v) is 16.0. The highest BCUT2D eigenvalue weighted by molar-refractivity contribution is 6.02. The van der Waals surface area contributed by atoms with Gasteiger partial charge in [0.05, 0.1) is 11.8 Å². The lowest BCUT2D eigenvalue weighted by Crippen LogP contribution is -2.35. The lowest BCUT2D eigenvalue weighted by Gasteiger charge is -2.21. The number of carbonyl (C=O) groups is 2. The van der Waals surface area contributed by atoms with Gasteiger partial charge in [0.2, 0.25) is 11.8 Å². The van der Waals surface area contributed by atoms with Gasteiger partial charge in [-0.3, -0.25) is 14.6 Å². The van der Waals surface area contributed by atoms with Gasteiger partial charge >= 0.3 is 0 Å². The minimum atomic E-state index is -0.850. The van der Waals surface area contributed by atoms with Crippen LogP contribution in [0.2, 0.25) is 0 Å². The van der Waals surface area contributed by atoms with Crippen LogP contribution in [0.1, 0.15) is 31.9 Å². The number of nitriles is 1. The molecule has 6 nitrogen and oxygen atoms in total. The average Bonchev–Trinajstić information content (AvgIpc) is 3.45. The Morgan fingerprint density at radius 1 is 1.29 bits per heavy atom. The minimum absolute atomic E-state index is 0.0740. The molecule has 6 heteroatoms. The van der Waals surface area contributed by atoms with Crippen LogP contribution in [-0.4, -0.2) is 23.3 Å². The van der Waals surface area contributed by atoms with Crippen molar-refractivity contribution in [1.82, 2.24) is 4.98 Å². The molecular weight excluding hydrogens is 352 g/mol. The van der Waals surface area contributed by atoms with E-state index in [0.29, 0.717) is 13.0 Å². The quantitative estimate of drug-likeness (QED) is 0.885. The SMILES string of the molecule is CC(=O)Nc1ccc(-c2cc(N3CC[C@@](C#N)(C4CC4)C3=O)cc(C)n2)cc1. The average molecular weight is 374 g/mol. The number of pyridine rings is 1. The number of amides is 2. The van der Waals surface area contributed by atoms with Crippen LogP contribution in [0.15, 0.2) is 36.4 Å². The third-order valence-electron chi connectivity index (χ3n) is 5.58. The molecule has 4 rings (SSSR count). The van der Waals surface area contributed by atoms with Gasteiger partial charge < -0.3 is 10.2 Å². The van der Waals surface area contributed by atoms with Gasteiger partial charge in [-0.2, -0.15) is 5.26 Å². The van der Waals surface area contributed by atoms with Gasteiger partial charge in [0, 0.05) is 36.1 Å². The highest BCUT2D eigenvalue weighted by Crippen LogP contribution is 2.52. The number of rotatable bonds is 4. The molecule has 1 saturated carbocycles. The van der Waals surface area contributed by atoms with Crippen LogP contribution < -0.4 is 10.2 Å². The molecule has 2 fully saturated rings. The molecule has 2 heterocycles. The fraction of sp³-hybridized carbons (Fsp3) is 0.364. The zero-order chi connectivity index (χ0) is 19.9. The summed E-state index contributed by atoms with van der Waals surface area (Å²) in [4.78, 5) is 30.6. The molecule has 2 aliphatic rings. The van der Waals surface area contributed by atoms with Crippen LogP contribution in [0, 0.1) is 29.6 Å². The highest BCUT2D eigenvalue weighted by atomic mass is 16.2. The molecule has 0 spiro atoms. The Hall–Kier alpha value is -3.20. The van der Waals surface area contributed by atoms with Gasteiger partial charge in [-0.05, 0) is 56.4 Å². The maximum atomic E-state index is 13.1. The fourth-order valence-corrected chi connectivity index (χ4v) is 4.02. The number of hydrogen-bond donors (Lipinski definition) is 1. The number of anilines is 2. The topological polar surface area (TPSA) is 86.1 Å². The van der Waals surface area contributed by atoms with Crippen molar-refractivity contribution >= 4 is 23.2 Å². The molecule has 1 atom stereocenters. The Bertz CT molecular complexity index is 989. The first kappa shape index (κ1) is 18.2. The number of carbonyl (C=O) groups excluding carboxylic acids is 2. The Balaban J connectivity index is 1.64. The van der Waals surface area contributed by atoms with E-state index in [1.54, 1.807) is 4.90 Å². The second kappa shape index (κ2) is 6.75. The molecule has 2 amide bonds. The van der Waals surface area contributed by atoms with Gasteiger partial charge in [0.25, 0.3) is 0 Å². The first-order valence-corrected chi connectivity index (χ1v) is 9.53. The van der Waals surface area contributed by atoms with Crippen LogP contribution in [0.3, 0.4) is 0 Å². The van der Waals surface area contributed by atoms with E-state index in [1.807, 2.05) is 43.3 Å². The molecule has 0 unspecified atom stereocenters. The molecule has 1 aromatic heterocycles. The largest absolute Gasteiger partial charge is 0.326 e. The summed E-state index contributed by atoms with van der Waals surface area (Å²) < 4.78 is 0. The van der Waals surface area contributed by atoms with E-state index < -0.39 is 5.41 Å². The van der Waals surface area contributed by atoms with E-state index in [1.165, 1.54) is 6.92 Å². The van der Waals surface area contributed by atoms with E-state index in [-0.39, 0.29) is 17.7 Å². The first-order valence-electron chi connectivity index (χ1n) is 9.53. The molecule has 1 saturated heterocycles. The van der Waals surface area contributed by atoms with Crippen molar-refractivity contribution in [2.75, 3.05) is 16.8 Å². The lowest BCUT2D eigenvalue weighted by molar-refractivity contribution is -0.123. The van der Waals surface area contributed by atoms with Crippen molar-refractivity contribution in [3.8, 4) is 17.3 Å². The van der Waals surface area contributed by atoms with Crippen molar-refractivity contribution < 1.29 is 9.59 Å². The summed E-state index contributed by atoms with van der Waals surface area (Å²) in [6, 6.07) is 13.6. The van der Waals surface area contributed by atoms with Crippen molar-refractivity contribution in [2.45, 2.75) is 33.1 Å². The fourth-order valence-electron chi connectivity index (χ4n) is 4.02. The number of hydrogen-bond acceptors (Lipinski definition) is 4. The maximum absolute atomic E-state index is 13.1. The van der Waals surface area contributed by atoms with Gasteiger partial charge in [-0.25, -0.2) is 0 Å². The number of benzene rings is 1. The predicted molar refractivity (Wildman–Crippen MR) is 106 cm³/mol. The van der Waals surface area contributed by atoms with Crippen molar-refractivity contribution in [3.05, 3.63) is 42.1 Å². The number of aryl methyl sites for hydroxylation is 1. The Labute approximate surface area is 164 Å². The summed E-state index contributed by atoms with van der Waals surface area (Å²) in [5.74, 6) is 0.0154. The van der Waals surface area contributed by atoms with E-state index in [0.717, 1.165) is 41.2 Å². The second-order valence-electron chi connectivity index (χ2n) is 7.67. The standard InChI is InChI=1S/C22H22N4O2/c1-14-11-19(26-10-9-22(13-23,21(26)28)17-5-6-17)12-20(24-14)16-3-7-18(8-4-16)25-15(2)27/h3-4,7-8,11-12,17H,5-6,9-10H2,1-2H3,(H,25,27)/t22-/m1/s1. The van der Waals surface area contributed by atoms with Crippen molar-refractivity contribution in [1.29, 1.82) is 5.26 Å². The molecule has 142 valence electrons. The van der Waals surface area contributed by atoms with Crippen molar-refractivity contribution in [2.24, 2.45) is 11.3 Å². The number of nitrogens with one attached hydrogen (secondary N) is 1. The van der Waals surface area contributed by atoms with E-state index >= 15 is 0 Å². The molecule has 1 aromatic carbocycles. The van der Waals surface area contributed by atoms with Gasteiger partial charge in [-0.1, -0.05) is 12.1 Å². The Morgan fingerprint density at radius 2 is 2.00 bits per heavy atom. The summed E-state index contributed by atoms with van der Waals surface area (Å²) >= 11 is 0. The second-order valence-corrected chi connectivity index (χ2v) is 7.67. The smallest absolute Gasteiger partial charge is 0.247 e. The Kier molecular flexibility index (Phi) is 4.38. The number of nitrogens with zero attached hydrogens (tertiary/aromatic N) is 3. The summed E-state index contributed by atoms with van der Waals surface area (Å²) in [6.07, 6.45) is 2.53. The third kappa shape index (κ3) is 3.13. The van der Waals surface area contributed by atoms with E-state index in [2.05, 4.69) is 16.4 Å². The summed E-state index contributed by atoms with van der Waals surface area (Å²) in [7, 11) is 0. The molecular formula is C22H22N4O2. The predicted octanol–water partition coefficient (Wildman–Crippen LogP) is 3.67. The van der Waals surface area contributed by atoms with E-state index in [4.69, 9.17) is 0 Å². The third-order valence-corrected chi connectivity index (χ3v) is 5.58.